The van der Waals surface area contributed by atoms with Crippen LogP contribution >= 0.6 is 0 Å². The molecule has 29 heavy (non-hydrogen) atoms. The zero-order valence-corrected chi connectivity index (χ0v) is 16.8. The fraction of sp³-hybridized carbons (Fsp3) is 0.333. The van der Waals surface area contributed by atoms with E-state index in [2.05, 4.69) is 28.5 Å². The second kappa shape index (κ2) is 9.05. The van der Waals surface area contributed by atoms with Gasteiger partial charge in [0, 0.05) is 29.9 Å². The van der Waals surface area contributed by atoms with Gasteiger partial charge in [0.05, 0.1) is 0 Å². The van der Waals surface area contributed by atoms with E-state index in [0.29, 0.717) is 11.8 Å². The smallest absolute Gasteiger partial charge is 0.277 e. The summed E-state index contributed by atoms with van der Waals surface area (Å²) in [7, 11) is 2.18. The van der Waals surface area contributed by atoms with Crippen molar-refractivity contribution in [2.24, 2.45) is 0 Å². The summed E-state index contributed by atoms with van der Waals surface area (Å²) in [4.78, 5) is 15.2. The summed E-state index contributed by atoms with van der Waals surface area (Å²) in [5, 5.41) is 6.97. The Balaban J connectivity index is 1.45. The van der Waals surface area contributed by atoms with Crippen LogP contribution in [0.25, 0.3) is 11.3 Å². The number of nitrogens with zero attached hydrogens (tertiary/aromatic N) is 2. The van der Waals surface area contributed by atoms with Gasteiger partial charge in [0.25, 0.3) is 5.91 Å². The first-order chi connectivity index (χ1) is 14.2. The van der Waals surface area contributed by atoms with Crippen molar-refractivity contribution < 1.29 is 9.32 Å². The summed E-state index contributed by atoms with van der Waals surface area (Å²) in [5.74, 6) is 0.324. The normalized spacial score (nSPS) is 14.8. The predicted molar refractivity (Wildman–Crippen MR) is 115 cm³/mol. The van der Waals surface area contributed by atoms with Crippen LogP contribution in [-0.4, -0.2) is 29.1 Å². The molecular weight excluding hydrogens is 362 g/mol. The molecule has 0 atom stereocenters. The highest BCUT2D eigenvalue weighted by atomic mass is 16.5. The van der Waals surface area contributed by atoms with Gasteiger partial charge in [-0.05, 0) is 31.5 Å². The molecule has 0 aliphatic heterocycles. The lowest BCUT2D eigenvalue weighted by atomic mass is 9.94. The van der Waals surface area contributed by atoms with Crippen LogP contribution in [0.4, 0.5) is 5.69 Å². The van der Waals surface area contributed by atoms with Gasteiger partial charge in [-0.1, -0.05) is 73.0 Å². The Labute approximate surface area is 171 Å². The monoisotopic (exact) mass is 389 g/mol. The molecule has 1 fully saturated rings. The van der Waals surface area contributed by atoms with Gasteiger partial charge in [-0.3, -0.25) is 9.69 Å². The largest absolute Gasteiger partial charge is 0.355 e. The maximum Gasteiger partial charge on any atom is 0.277 e. The molecule has 0 radical (unpaired) electrons. The van der Waals surface area contributed by atoms with E-state index in [1.54, 1.807) is 6.07 Å². The molecule has 2 aromatic carbocycles. The second-order valence-electron chi connectivity index (χ2n) is 7.76. The summed E-state index contributed by atoms with van der Waals surface area (Å²) >= 11 is 0. The van der Waals surface area contributed by atoms with Crippen LogP contribution in [0, 0.1) is 0 Å². The van der Waals surface area contributed by atoms with E-state index in [-0.39, 0.29) is 11.6 Å². The van der Waals surface area contributed by atoms with E-state index in [0.717, 1.165) is 23.4 Å². The highest BCUT2D eigenvalue weighted by Crippen LogP contribution is 2.25. The van der Waals surface area contributed by atoms with Crippen LogP contribution in [0.2, 0.25) is 0 Å². The number of carbonyl (C=O) groups excluding carboxylic acids is 1. The molecule has 1 aliphatic carbocycles. The quantitative estimate of drug-likeness (QED) is 0.617. The van der Waals surface area contributed by atoms with Gasteiger partial charge < -0.3 is 9.84 Å². The molecule has 150 valence electrons. The van der Waals surface area contributed by atoms with Crippen LogP contribution in [0.3, 0.4) is 0 Å². The lowest BCUT2D eigenvalue weighted by Crippen LogP contribution is -2.33. The van der Waals surface area contributed by atoms with E-state index < -0.39 is 0 Å². The van der Waals surface area contributed by atoms with Gasteiger partial charge in [0.2, 0.25) is 0 Å². The van der Waals surface area contributed by atoms with Gasteiger partial charge in [0.15, 0.2) is 11.5 Å². The number of anilines is 1. The van der Waals surface area contributed by atoms with Crippen LogP contribution in [0.1, 0.15) is 48.2 Å². The number of benzene rings is 2. The summed E-state index contributed by atoms with van der Waals surface area (Å²) in [6, 6.07) is 19.9. The van der Waals surface area contributed by atoms with E-state index in [1.165, 1.54) is 32.1 Å². The molecular formula is C24H27N3O2. The molecule has 1 amide bonds. The molecule has 0 spiro atoms. The first-order valence-corrected chi connectivity index (χ1v) is 10.3. The van der Waals surface area contributed by atoms with E-state index in [4.69, 9.17) is 4.52 Å². The second-order valence-corrected chi connectivity index (χ2v) is 7.76. The summed E-state index contributed by atoms with van der Waals surface area (Å²) in [6.07, 6.45) is 6.48. The molecule has 5 nitrogen and oxygen atoms in total. The van der Waals surface area contributed by atoms with Gasteiger partial charge in [0.1, 0.15) is 0 Å². The molecule has 1 heterocycles. The zero-order valence-electron chi connectivity index (χ0n) is 16.8. The molecule has 0 saturated heterocycles. The third-order valence-corrected chi connectivity index (χ3v) is 5.68. The summed E-state index contributed by atoms with van der Waals surface area (Å²) in [5.41, 5.74) is 3.11. The highest BCUT2D eigenvalue weighted by Gasteiger charge is 2.20. The minimum atomic E-state index is -0.260. The Kier molecular flexibility index (Phi) is 6.06. The van der Waals surface area contributed by atoms with Gasteiger partial charge in [-0.15, -0.1) is 0 Å². The number of carbonyl (C=O) groups is 1. The van der Waals surface area contributed by atoms with Crippen molar-refractivity contribution in [1.29, 1.82) is 0 Å². The first-order valence-electron chi connectivity index (χ1n) is 10.3. The topological polar surface area (TPSA) is 58.4 Å². The SMILES string of the molecule is CN(Cc1ccccc1NC(=O)c1cc(-c2ccccc2)on1)C1CCCCC1. The maximum absolute atomic E-state index is 12.8. The van der Waals surface area contributed by atoms with Gasteiger partial charge >= 0.3 is 0 Å². The van der Waals surface area contributed by atoms with Crippen LogP contribution < -0.4 is 5.32 Å². The minimum absolute atomic E-state index is 0.260. The Morgan fingerprint density at radius 3 is 2.59 bits per heavy atom. The average Bonchev–Trinajstić information content (AvgIpc) is 3.27. The number of hydrogen-bond donors (Lipinski definition) is 1. The maximum atomic E-state index is 12.8. The standard InChI is InChI=1S/C24H27N3O2/c1-27(20-13-6-3-7-14-20)17-19-12-8-9-15-21(19)25-24(28)22-16-23(29-26-22)18-10-4-2-5-11-18/h2,4-5,8-12,15-16,20H,3,6-7,13-14,17H2,1H3,(H,25,28). The highest BCUT2D eigenvalue weighted by molar-refractivity contribution is 6.03. The average molecular weight is 389 g/mol. The third-order valence-electron chi connectivity index (χ3n) is 5.68. The fourth-order valence-corrected chi connectivity index (χ4v) is 4.01. The van der Waals surface area contributed by atoms with Crippen LogP contribution in [0.5, 0.6) is 0 Å². The van der Waals surface area contributed by atoms with Crippen LogP contribution in [0.15, 0.2) is 65.2 Å². The Bertz CT molecular complexity index is 946. The van der Waals surface area contributed by atoms with Gasteiger partial charge in [-0.25, -0.2) is 0 Å². The van der Waals surface area contributed by atoms with Crippen molar-refractivity contribution in [3.05, 3.63) is 71.9 Å². The van der Waals surface area contributed by atoms with E-state index in [1.807, 2.05) is 48.5 Å². The van der Waals surface area contributed by atoms with Crippen molar-refractivity contribution in [1.82, 2.24) is 10.1 Å². The number of para-hydroxylation sites is 1. The number of aromatic nitrogens is 1. The molecule has 4 rings (SSSR count). The molecule has 5 heteroatoms. The number of rotatable bonds is 6. The molecule has 1 aliphatic rings. The molecule has 1 saturated carbocycles. The van der Waals surface area contributed by atoms with Crippen molar-refractivity contribution >= 4 is 11.6 Å². The molecule has 0 unspecified atom stereocenters. The predicted octanol–water partition coefficient (Wildman–Crippen LogP) is 5.36. The van der Waals surface area contributed by atoms with Crippen molar-refractivity contribution in [3.63, 3.8) is 0 Å². The lowest BCUT2D eigenvalue weighted by Gasteiger charge is -2.31. The van der Waals surface area contributed by atoms with Crippen LogP contribution in [-0.2, 0) is 6.54 Å². The van der Waals surface area contributed by atoms with E-state index >= 15 is 0 Å². The number of nitrogens with one attached hydrogen (secondary N) is 1. The third kappa shape index (κ3) is 4.74. The van der Waals surface area contributed by atoms with E-state index in [9.17, 15) is 4.79 Å². The van der Waals surface area contributed by atoms with Crippen molar-refractivity contribution in [3.8, 4) is 11.3 Å². The fourth-order valence-electron chi connectivity index (χ4n) is 4.01. The summed E-state index contributed by atoms with van der Waals surface area (Å²) in [6.45, 7) is 0.815. The lowest BCUT2D eigenvalue weighted by molar-refractivity contribution is 0.101. The minimum Gasteiger partial charge on any atom is -0.355 e. The number of amides is 1. The Morgan fingerprint density at radius 1 is 1.07 bits per heavy atom. The number of hydrogen-bond acceptors (Lipinski definition) is 4. The molecule has 0 bridgehead atoms. The Morgan fingerprint density at radius 2 is 1.79 bits per heavy atom. The summed E-state index contributed by atoms with van der Waals surface area (Å²) < 4.78 is 5.36. The molecule has 3 aromatic rings. The Hall–Kier alpha value is -2.92. The van der Waals surface area contributed by atoms with Gasteiger partial charge in [-0.2, -0.15) is 0 Å². The molecule has 1 N–H and O–H groups in total. The van der Waals surface area contributed by atoms with Crippen molar-refractivity contribution in [2.75, 3.05) is 12.4 Å². The molecule has 1 aromatic heterocycles. The van der Waals surface area contributed by atoms with Crippen molar-refractivity contribution in [2.45, 2.75) is 44.7 Å². The first kappa shape index (κ1) is 19.4. The zero-order chi connectivity index (χ0) is 20.1.